The third-order valence-corrected chi connectivity index (χ3v) is 4.73. The zero-order valence-corrected chi connectivity index (χ0v) is 15.2. The van der Waals surface area contributed by atoms with E-state index < -0.39 is 0 Å². The van der Waals surface area contributed by atoms with E-state index in [1.54, 1.807) is 0 Å². The number of aromatic nitrogens is 2. The number of fused-ring (bicyclic) bond motifs is 2. The summed E-state index contributed by atoms with van der Waals surface area (Å²) in [6.07, 6.45) is 0. The molecule has 0 fully saturated rings. The number of nitrogens with two attached hydrogens (primary N) is 1. The predicted molar refractivity (Wildman–Crippen MR) is 114 cm³/mol. The minimum Gasteiger partial charge on any atom is -0.399 e. The molecule has 4 heteroatoms. The Balaban J connectivity index is 1.82. The first-order chi connectivity index (χ1) is 13.8. The first-order valence-electron chi connectivity index (χ1n) is 9.15. The van der Waals surface area contributed by atoms with Crippen molar-refractivity contribution in [3.05, 3.63) is 102 Å². The highest BCUT2D eigenvalue weighted by Crippen LogP contribution is 2.28. The number of nitrogen functional groups attached to an aromatic ring is 1. The van der Waals surface area contributed by atoms with E-state index in [9.17, 15) is 0 Å². The highest BCUT2D eigenvalue weighted by molar-refractivity contribution is 5.82. The fourth-order valence-electron chi connectivity index (χ4n) is 3.42. The first-order valence-corrected chi connectivity index (χ1v) is 9.15. The van der Waals surface area contributed by atoms with Crippen LogP contribution in [0.5, 0.6) is 0 Å². The van der Waals surface area contributed by atoms with Gasteiger partial charge in [-0.25, -0.2) is 9.98 Å². The largest absolute Gasteiger partial charge is 0.399 e. The van der Waals surface area contributed by atoms with Crippen molar-refractivity contribution in [2.75, 3.05) is 5.73 Å². The molecular weight excluding hydrogens is 344 g/mol. The molecule has 28 heavy (non-hydrogen) atoms. The van der Waals surface area contributed by atoms with Gasteiger partial charge >= 0.3 is 0 Å². The summed E-state index contributed by atoms with van der Waals surface area (Å²) in [5, 5.41) is 0.874. The number of benzene rings is 4. The van der Waals surface area contributed by atoms with Crippen LogP contribution in [0.15, 0.2) is 102 Å². The van der Waals surface area contributed by atoms with Crippen LogP contribution >= 0.6 is 0 Å². The topological polar surface area (TPSA) is 56.2 Å². The molecule has 0 bridgehead atoms. The van der Waals surface area contributed by atoms with Crippen LogP contribution in [0.3, 0.4) is 0 Å². The molecule has 0 radical (unpaired) electrons. The highest BCUT2D eigenvalue weighted by Gasteiger charge is 2.13. The summed E-state index contributed by atoms with van der Waals surface area (Å²) in [6, 6.07) is 32.2. The van der Waals surface area contributed by atoms with Crippen LogP contribution in [0, 0.1) is 0 Å². The van der Waals surface area contributed by atoms with Crippen molar-refractivity contribution in [3.8, 4) is 17.1 Å². The third-order valence-electron chi connectivity index (χ3n) is 4.73. The van der Waals surface area contributed by atoms with Crippen LogP contribution in [0.4, 0.5) is 11.4 Å². The molecule has 4 nitrogen and oxygen atoms in total. The molecule has 0 amide bonds. The molecule has 3 aromatic carbocycles. The van der Waals surface area contributed by atoms with Crippen molar-refractivity contribution >= 4 is 22.4 Å². The molecule has 1 aliphatic carbocycles. The number of rotatable bonds is 2. The molecule has 3 aromatic rings. The average Bonchev–Trinajstić information content (AvgIpc) is 2.74. The summed E-state index contributed by atoms with van der Waals surface area (Å²) >= 11 is 0. The van der Waals surface area contributed by atoms with Crippen LogP contribution in [-0.4, -0.2) is 9.55 Å². The van der Waals surface area contributed by atoms with Gasteiger partial charge in [0.15, 0.2) is 0 Å². The lowest BCUT2D eigenvalue weighted by molar-refractivity contribution is 1.07. The first kappa shape index (κ1) is 16.3. The minimum atomic E-state index is 0.732. The summed E-state index contributed by atoms with van der Waals surface area (Å²) in [7, 11) is 0. The van der Waals surface area contributed by atoms with Gasteiger partial charge < -0.3 is 10.3 Å². The summed E-state index contributed by atoms with van der Waals surface area (Å²) in [5.41, 5.74) is 12.4. The standard InChI is InChI=1S/C24H18N4/c25-17-10-12-18(13-11-17)26-19-14-15-22-24(16-19)28(20-6-2-1-3-7-20)23-9-5-4-8-21(23)27-22/h1-16H,25H2. The van der Waals surface area contributed by atoms with Crippen LogP contribution < -0.4 is 11.1 Å². The van der Waals surface area contributed by atoms with Crippen molar-refractivity contribution < 1.29 is 0 Å². The molecule has 0 unspecified atom stereocenters. The van der Waals surface area contributed by atoms with Crippen molar-refractivity contribution in [2.45, 2.75) is 0 Å². The number of anilines is 1. The van der Waals surface area contributed by atoms with E-state index in [-0.39, 0.29) is 0 Å². The lowest BCUT2D eigenvalue weighted by Gasteiger charge is -2.18. The third kappa shape index (κ3) is 2.91. The predicted octanol–water partition coefficient (Wildman–Crippen LogP) is 4.94. The smallest absolute Gasteiger partial charge is 0.0879 e. The van der Waals surface area contributed by atoms with E-state index in [0.717, 1.165) is 44.8 Å². The molecular formula is C24H18N4. The van der Waals surface area contributed by atoms with Gasteiger partial charge in [0.25, 0.3) is 0 Å². The van der Waals surface area contributed by atoms with Crippen LogP contribution in [0.1, 0.15) is 0 Å². The summed E-state index contributed by atoms with van der Waals surface area (Å²) in [6.45, 7) is 0. The number of hydrogen-bond donors (Lipinski definition) is 1. The molecule has 1 heterocycles. The maximum Gasteiger partial charge on any atom is 0.0879 e. The lowest BCUT2D eigenvalue weighted by atomic mass is 10.1. The number of hydrogen-bond acceptors (Lipinski definition) is 3. The van der Waals surface area contributed by atoms with Crippen molar-refractivity contribution in [1.82, 2.24) is 9.55 Å². The van der Waals surface area contributed by atoms with Crippen molar-refractivity contribution in [1.29, 1.82) is 0 Å². The van der Waals surface area contributed by atoms with Gasteiger partial charge in [-0.1, -0.05) is 30.3 Å². The summed E-state index contributed by atoms with van der Waals surface area (Å²) in [4.78, 5) is 9.60. The average molecular weight is 362 g/mol. The molecule has 2 N–H and O–H groups in total. The van der Waals surface area contributed by atoms with Crippen molar-refractivity contribution in [2.24, 2.45) is 4.99 Å². The molecule has 2 aliphatic rings. The van der Waals surface area contributed by atoms with Gasteiger partial charge in [0.2, 0.25) is 0 Å². The Hall–Kier alpha value is -3.92. The van der Waals surface area contributed by atoms with E-state index in [1.807, 2.05) is 72.8 Å². The normalized spacial score (nSPS) is 11.9. The Kier molecular flexibility index (Phi) is 3.87. The second kappa shape index (κ2) is 6.67. The quantitative estimate of drug-likeness (QED) is 0.357. The Morgan fingerprint density at radius 3 is 2.32 bits per heavy atom. The summed E-state index contributed by atoms with van der Waals surface area (Å²) in [5.74, 6) is 0. The maximum absolute atomic E-state index is 5.78. The van der Waals surface area contributed by atoms with Crippen molar-refractivity contribution in [3.63, 3.8) is 0 Å². The molecule has 0 aromatic heterocycles. The van der Waals surface area contributed by atoms with Gasteiger partial charge in [-0.3, -0.25) is 0 Å². The monoisotopic (exact) mass is 362 g/mol. The number of nitrogens with zero attached hydrogens (tertiary/aromatic N) is 3. The van der Waals surface area contributed by atoms with Gasteiger partial charge in [-0.15, -0.1) is 0 Å². The van der Waals surface area contributed by atoms with Crippen LogP contribution in [0.2, 0.25) is 0 Å². The molecule has 134 valence electrons. The molecule has 5 rings (SSSR count). The Labute approximate surface area is 162 Å². The fourth-order valence-corrected chi connectivity index (χ4v) is 3.42. The fraction of sp³-hybridized carbons (Fsp3) is 0. The zero-order valence-electron chi connectivity index (χ0n) is 15.2. The Morgan fingerprint density at radius 2 is 1.50 bits per heavy atom. The minimum absolute atomic E-state index is 0.732. The van der Waals surface area contributed by atoms with E-state index in [1.165, 1.54) is 0 Å². The second-order valence-electron chi connectivity index (χ2n) is 6.65. The highest BCUT2D eigenvalue weighted by atomic mass is 15.0. The van der Waals surface area contributed by atoms with E-state index in [4.69, 9.17) is 15.7 Å². The van der Waals surface area contributed by atoms with Gasteiger partial charge in [0.1, 0.15) is 0 Å². The Morgan fingerprint density at radius 1 is 0.750 bits per heavy atom. The Bertz CT molecular complexity index is 1300. The molecule has 0 saturated heterocycles. The maximum atomic E-state index is 5.78. The van der Waals surface area contributed by atoms with Crippen LogP contribution in [0.25, 0.3) is 28.1 Å². The molecule has 0 saturated carbocycles. The van der Waals surface area contributed by atoms with Gasteiger partial charge in [-0.2, -0.15) is 0 Å². The molecule has 1 aliphatic heterocycles. The van der Waals surface area contributed by atoms with Gasteiger partial charge in [0.05, 0.1) is 33.5 Å². The van der Waals surface area contributed by atoms with E-state index in [2.05, 4.69) is 28.8 Å². The van der Waals surface area contributed by atoms with Gasteiger partial charge in [0, 0.05) is 11.4 Å². The number of para-hydroxylation sites is 3. The van der Waals surface area contributed by atoms with E-state index >= 15 is 0 Å². The molecule has 0 atom stereocenters. The lowest BCUT2D eigenvalue weighted by Crippen LogP contribution is -2.10. The van der Waals surface area contributed by atoms with Crippen LogP contribution in [-0.2, 0) is 0 Å². The zero-order chi connectivity index (χ0) is 18.9. The second-order valence-corrected chi connectivity index (χ2v) is 6.65. The van der Waals surface area contributed by atoms with Gasteiger partial charge in [-0.05, 0) is 66.7 Å². The van der Waals surface area contributed by atoms with E-state index in [0.29, 0.717) is 0 Å². The summed E-state index contributed by atoms with van der Waals surface area (Å²) < 4.78 is 2.24. The SMILES string of the molecule is Nc1ccc(N=c2ccc3nc4ccccc4n(-c4ccccc4)c-3c2)cc1. The molecule has 0 spiro atoms.